The molecule has 2 rings (SSSR count). The second-order valence-electron chi connectivity index (χ2n) is 4.15. The average molecular weight is 289 g/mol. The number of rotatable bonds is 3. The Kier molecular flexibility index (Phi) is 4.24. The van der Waals surface area contributed by atoms with Crippen LogP contribution in [0.15, 0.2) is 53.6 Å². The van der Waals surface area contributed by atoms with Crippen LogP contribution < -0.4 is 5.43 Å². The van der Waals surface area contributed by atoms with Crippen LogP contribution in [0.3, 0.4) is 0 Å². The first kappa shape index (κ1) is 14.6. The molecule has 0 aliphatic rings. The molecule has 3 nitrogen and oxygen atoms in total. The van der Waals surface area contributed by atoms with E-state index in [1.165, 1.54) is 24.4 Å². The highest BCUT2D eigenvalue weighted by Gasteiger charge is 2.33. The molecule has 1 N–H and O–H groups in total. The molecule has 0 fully saturated rings. The number of halogens is 3. The van der Waals surface area contributed by atoms with Crippen molar-refractivity contribution in [3.8, 4) is 6.07 Å². The van der Waals surface area contributed by atoms with E-state index in [0.717, 1.165) is 6.07 Å². The van der Waals surface area contributed by atoms with Crippen molar-refractivity contribution >= 4 is 11.9 Å². The van der Waals surface area contributed by atoms with Gasteiger partial charge in [-0.15, -0.1) is 0 Å². The Bertz CT molecular complexity index is 683. The number of hydrogen-bond acceptors (Lipinski definition) is 3. The highest BCUT2D eigenvalue weighted by atomic mass is 19.4. The molecule has 0 aromatic heterocycles. The van der Waals surface area contributed by atoms with Gasteiger partial charge >= 0.3 is 6.18 Å². The first-order chi connectivity index (χ1) is 10.0. The zero-order valence-electron chi connectivity index (χ0n) is 10.7. The third kappa shape index (κ3) is 3.83. The van der Waals surface area contributed by atoms with Gasteiger partial charge in [0, 0.05) is 0 Å². The Morgan fingerprint density at radius 1 is 1.05 bits per heavy atom. The molecule has 0 aliphatic heterocycles. The topological polar surface area (TPSA) is 48.2 Å². The average Bonchev–Trinajstić information content (AvgIpc) is 2.47. The third-order valence-corrected chi connectivity index (χ3v) is 2.67. The summed E-state index contributed by atoms with van der Waals surface area (Å²) in [7, 11) is 0. The molecule has 0 bridgehead atoms. The molecule has 0 heterocycles. The van der Waals surface area contributed by atoms with Crippen molar-refractivity contribution in [2.24, 2.45) is 5.10 Å². The predicted octanol–water partition coefficient (Wildman–Crippen LogP) is 4.02. The van der Waals surface area contributed by atoms with E-state index in [1.54, 1.807) is 24.3 Å². The fourth-order valence-electron chi connectivity index (χ4n) is 1.65. The molecule has 0 spiro atoms. The van der Waals surface area contributed by atoms with Crippen LogP contribution in [0.1, 0.15) is 16.7 Å². The highest BCUT2D eigenvalue weighted by molar-refractivity contribution is 5.80. The maximum absolute atomic E-state index is 12.8. The molecule has 0 atom stereocenters. The summed E-state index contributed by atoms with van der Waals surface area (Å²) in [6.45, 7) is 0. The smallest absolute Gasteiger partial charge is 0.278 e. The van der Waals surface area contributed by atoms with E-state index in [-0.39, 0.29) is 5.69 Å². The van der Waals surface area contributed by atoms with Crippen molar-refractivity contribution in [3.05, 3.63) is 65.2 Å². The number of anilines is 1. The summed E-state index contributed by atoms with van der Waals surface area (Å²) in [5.41, 5.74) is 2.66. The van der Waals surface area contributed by atoms with E-state index in [4.69, 9.17) is 5.26 Å². The van der Waals surface area contributed by atoms with Gasteiger partial charge in [-0.3, -0.25) is 5.43 Å². The largest absolute Gasteiger partial charge is 0.418 e. The molecule has 0 amide bonds. The number of nitriles is 1. The van der Waals surface area contributed by atoms with Gasteiger partial charge in [-0.25, -0.2) is 0 Å². The van der Waals surface area contributed by atoms with Gasteiger partial charge in [0.05, 0.1) is 29.1 Å². The minimum atomic E-state index is -4.44. The molecule has 21 heavy (non-hydrogen) atoms. The highest BCUT2D eigenvalue weighted by Crippen LogP contribution is 2.34. The second-order valence-corrected chi connectivity index (χ2v) is 4.15. The van der Waals surface area contributed by atoms with E-state index in [0.29, 0.717) is 11.1 Å². The van der Waals surface area contributed by atoms with Gasteiger partial charge in [-0.1, -0.05) is 24.3 Å². The van der Waals surface area contributed by atoms with Crippen molar-refractivity contribution in [1.29, 1.82) is 5.26 Å². The Hall–Kier alpha value is -2.81. The van der Waals surface area contributed by atoms with E-state index in [2.05, 4.69) is 10.5 Å². The van der Waals surface area contributed by atoms with Crippen LogP contribution in [-0.2, 0) is 6.18 Å². The molecule has 6 heteroatoms. The number of hydrazone groups is 1. The SMILES string of the molecule is N#Cc1ccc(C=NNc2ccccc2C(F)(F)F)cc1. The molecule has 0 saturated carbocycles. The van der Waals surface area contributed by atoms with Crippen molar-refractivity contribution in [3.63, 3.8) is 0 Å². The quantitative estimate of drug-likeness (QED) is 0.685. The lowest BCUT2D eigenvalue weighted by Crippen LogP contribution is -2.08. The fourth-order valence-corrected chi connectivity index (χ4v) is 1.65. The molecule has 0 unspecified atom stereocenters. The van der Waals surface area contributed by atoms with Crippen molar-refractivity contribution in [2.45, 2.75) is 6.18 Å². The standard InChI is InChI=1S/C15H10F3N3/c16-15(17,18)13-3-1-2-4-14(13)21-20-10-12-7-5-11(9-19)6-8-12/h1-8,10,21H. The normalized spacial score (nSPS) is 11.3. The summed E-state index contributed by atoms with van der Waals surface area (Å²) >= 11 is 0. The molecular formula is C15H10F3N3. The Labute approximate surface area is 119 Å². The van der Waals surface area contributed by atoms with Gasteiger partial charge in [0.15, 0.2) is 0 Å². The van der Waals surface area contributed by atoms with Gasteiger partial charge in [0.1, 0.15) is 0 Å². The number of alkyl halides is 3. The number of benzene rings is 2. The zero-order chi connectivity index (χ0) is 15.3. The monoisotopic (exact) mass is 289 g/mol. The predicted molar refractivity (Wildman–Crippen MR) is 73.8 cm³/mol. The first-order valence-corrected chi connectivity index (χ1v) is 5.96. The van der Waals surface area contributed by atoms with E-state index in [1.807, 2.05) is 6.07 Å². The number of para-hydroxylation sites is 1. The summed E-state index contributed by atoms with van der Waals surface area (Å²) in [4.78, 5) is 0. The number of nitrogens with zero attached hydrogens (tertiary/aromatic N) is 2. The Morgan fingerprint density at radius 3 is 2.33 bits per heavy atom. The maximum atomic E-state index is 12.8. The third-order valence-electron chi connectivity index (χ3n) is 2.67. The molecule has 106 valence electrons. The molecule has 2 aromatic carbocycles. The van der Waals surface area contributed by atoms with Crippen LogP contribution >= 0.6 is 0 Å². The van der Waals surface area contributed by atoms with E-state index in [9.17, 15) is 13.2 Å². The fraction of sp³-hybridized carbons (Fsp3) is 0.0667. The van der Waals surface area contributed by atoms with Crippen LogP contribution in [0.2, 0.25) is 0 Å². The summed E-state index contributed by atoms with van der Waals surface area (Å²) in [5, 5.41) is 12.4. The van der Waals surface area contributed by atoms with Gasteiger partial charge in [0.2, 0.25) is 0 Å². The first-order valence-electron chi connectivity index (χ1n) is 5.96. The van der Waals surface area contributed by atoms with E-state index < -0.39 is 11.7 Å². The van der Waals surface area contributed by atoms with E-state index >= 15 is 0 Å². The Morgan fingerprint density at radius 2 is 1.71 bits per heavy atom. The molecule has 0 aliphatic carbocycles. The van der Waals surface area contributed by atoms with Crippen LogP contribution in [0.4, 0.5) is 18.9 Å². The maximum Gasteiger partial charge on any atom is 0.418 e. The van der Waals surface area contributed by atoms with Crippen LogP contribution in [-0.4, -0.2) is 6.21 Å². The second kappa shape index (κ2) is 6.09. The van der Waals surface area contributed by atoms with Gasteiger partial charge in [-0.2, -0.15) is 23.5 Å². The number of hydrogen-bond donors (Lipinski definition) is 1. The van der Waals surface area contributed by atoms with Gasteiger partial charge < -0.3 is 0 Å². The Balaban J connectivity index is 2.13. The zero-order valence-corrected chi connectivity index (χ0v) is 10.7. The minimum absolute atomic E-state index is 0.116. The van der Waals surface area contributed by atoms with Gasteiger partial charge in [-0.05, 0) is 29.8 Å². The lowest BCUT2D eigenvalue weighted by atomic mass is 10.2. The van der Waals surface area contributed by atoms with Crippen molar-refractivity contribution < 1.29 is 13.2 Å². The summed E-state index contributed by atoms with van der Waals surface area (Å²) in [5.74, 6) is 0. The molecule has 0 saturated heterocycles. The minimum Gasteiger partial charge on any atom is -0.278 e. The summed E-state index contributed by atoms with van der Waals surface area (Å²) in [6.07, 6.45) is -3.05. The lowest BCUT2D eigenvalue weighted by molar-refractivity contribution is -0.136. The van der Waals surface area contributed by atoms with Crippen LogP contribution in [0.25, 0.3) is 0 Å². The van der Waals surface area contributed by atoms with Crippen molar-refractivity contribution in [1.82, 2.24) is 0 Å². The van der Waals surface area contributed by atoms with Crippen LogP contribution in [0, 0.1) is 11.3 Å². The summed E-state index contributed by atoms with van der Waals surface area (Å²) < 4.78 is 38.3. The lowest BCUT2D eigenvalue weighted by Gasteiger charge is -2.11. The van der Waals surface area contributed by atoms with Crippen molar-refractivity contribution in [2.75, 3.05) is 5.43 Å². The molecule has 0 radical (unpaired) electrons. The summed E-state index contributed by atoms with van der Waals surface area (Å²) in [6, 6.07) is 13.6. The number of nitrogens with one attached hydrogen (secondary N) is 1. The van der Waals surface area contributed by atoms with Gasteiger partial charge in [0.25, 0.3) is 0 Å². The molecule has 2 aromatic rings. The van der Waals surface area contributed by atoms with Crippen LogP contribution in [0.5, 0.6) is 0 Å². The molecular weight excluding hydrogens is 279 g/mol.